The van der Waals surface area contributed by atoms with Crippen molar-refractivity contribution in [3.63, 3.8) is 0 Å². The molecule has 7 nitrogen and oxygen atoms in total. The van der Waals surface area contributed by atoms with E-state index in [1.54, 1.807) is 52.0 Å². The molecule has 3 rings (SSSR count). The zero-order chi connectivity index (χ0) is 20.0. The van der Waals surface area contributed by atoms with Crippen LogP contribution in [0.2, 0.25) is 0 Å². The van der Waals surface area contributed by atoms with E-state index in [0.717, 1.165) is 15.4 Å². The lowest BCUT2D eigenvalue weighted by Gasteiger charge is -2.30. The molecule has 2 aliphatic rings. The summed E-state index contributed by atoms with van der Waals surface area (Å²) in [5, 5.41) is 9.24. The predicted octanol–water partition coefficient (Wildman–Crippen LogP) is 2.68. The summed E-state index contributed by atoms with van der Waals surface area (Å²) < 4.78 is 33.5. The molecule has 1 aliphatic carbocycles. The van der Waals surface area contributed by atoms with E-state index in [9.17, 15) is 18.5 Å². The maximum Gasteiger partial charge on any atom is 0.425 e. The van der Waals surface area contributed by atoms with Gasteiger partial charge >= 0.3 is 16.3 Å². The number of carbonyl (C=O) groups is 1. The molecule has 0 spiro atoms. The molecular formula is C19H23N3O4S. The van der Waals surface area contributed by atoms with Gasteiger partial charge in [-0.2, -0.15) is 22.3 Å². The summed E-state index contributed by atoms with van der Waals surface area (Å²) in [5.74, 6) is 0. The van der Waals surface area contributed by atoms with Crippen LogP contribution in [0.4, 0.5) is 4.79 Å². The van der Waals surface area contributed by atoms with Gasteiger partial charge in [0.25, 0.3) is 0 Å². The van der Waals surface area contributed by atoms with E-state index >= 15 is 0 Å². The largest absolute Gasteiger partial charge is 0.443 e. The Morgan fingerprint density at radius 1 is 1.33 bits per heavy atom. The van der Waals surface area contributed by atoms with Crippen molar-refractivity contribution < 1.29 is 17.9 Å². The highest BCUT2D eigenvalue weighted by Gasteiger charge is 2.49. The Morgan fingerprint density at radius 2 is 2.04 bits per heavy atom. The van der Waals surface area contributed by atoms with Gasteiger partial charge in [-0.25, -0.2) is 4.79 Å². The fourth-order valence-corrected chi connectivity index (χ4v) is 5.36. The van der Waals surface area contributed by atoms with Crippen LogP contribution in [0, 0.1) is 11.3 Å². The van der Waals surface area contributed by atoms with Crippen LogP contribution in [-0.2, 0) is 21.4 Å². The van der Waals surface area contributed by atoms with Crippen molar-refractivity contribution in [3.8, 4) is 6.07 Å². The van der Waals surface area contributed by atoms with Crippen LogP contribution in [-0.4, -0.2) is 47.4 Å². The van der Waals surface area contributed by atoms with Crippen LogP contribution in [0.15, 0.2) is 24.3 Å². The maximum atomic E-state index is 13.0. The van der Waals surface area contributed by atoms with Gasteiger partial charge in [0.05, 0.1) is 18.2 Å². The van der Waals surface area contributed by atoms with E-state index in [1.807, 2.05) is 6.07 Å². The first-order chi connectivity index (χ1) is 12.5. The number of ether oxygens (including phenoxy) is 1. The monoisotopic (exact) mass is 389 g/mol. The third-order valence-electron chi connectivity index (χ3n) is 4.56. The van der Waals surface area contributed by atoms with Crippen LogP contribution in [0.3, 0.4) is 0 Å². The molecule has 0 bridgehead atoms. The van der Waals surface area contributed by atoms with Crippen molar-refractivity contribution in [2.75, 3.05) is 6.54 Å². The summed E-state index contributed by atoms with van der Waals surface area (Å²) in [4.78, 5) is 12.4. The standard InChI is InChI=1S/C19H23N3O4S/c1-13-12-21(18(23)26-19(2,3)4)27(24,25)22(13)16-8-9-17-14(10-16)6-5-7-15(17)11-20/h5-9,13,16H,10,12H2,1-4H3. The number of rotatable bonds is 1. The number of carbonyl (C=O) groups excluding carboxylic acids is 1. The van der Waals surface area contributed by atoms with Gasteiger partial charge in [-0.3, -0.25) is 0 Å². The summed E-state index contributed by atoms with van der Waals surface area (Å²) in [6.07, 6.45) is 3.17. The van der Waals surface area contributed by atoms with Crippen LogP contribution in [0.5, 0.6) is 0 Å². The minimum atomic E-state index is -3.99. The number of hydrogen-bond donors (Lipinski definition) is 0. The second-order valence-corrected chi connectivity index (χ2v) is 9.58. The van der Waals surface area contributed by atoms with E-state index < -0.39 is 27.9 Å². The van der Waals surface area contributed by atoms with E-state index in [2.05, 4.69) is 6.07 Å². The summed E-state index contributed by atoms with van der Waals surface area (Å²) in [5.41, 5.74) is 1.53. The summed E-state index contributed by atoms with van der Waals surface area (Å²) in [7, 11) is -3.99. The van der Waals surface area contributed by atoms with Gasteiger partial charge in [-0.1, -0.05) is 24.3 Å². The molecule has 1 aromatic rings. The van der Waals surface area contributed by atoms with Crippen LogP contribution in [0.25, 0.3) is 6.08 Å². The topological polar surface area (TPSA) is 90.7 Å². The molecule has 1 fully saturated rings. The van der Waals surface area contributed by atoms with Gasteiger partial charge in [0.15, 0.2) is 0 Å². The van der Waals surface area contributed by atoms with Gasteiger partial charge in [-0.15, -0.1) is 0 Å². The summed E-state index contributed by atoms with van der Waals surface area (Å²) >= 11 is 0. The lowest BCUT2D eigenvalue weighted by molar-refractivity contribution is 0.0399. The molecule has 2 unspecified atom stereocenters. The first-order valence-corrected chi connectivity index (χ1v) is 10.2. The van der Waals surface area contributed by atoms with Crippen molar-refractivity contribution in [2.24, 2.45) is 0 Å². The first kappa shape index (κ1) is 19.4. The zero-order valence-electron chi connectivity index (χ0n) is 15.8. The molecule has 27 heavy (non-hydrogen) atoms. The van der Waals surface area contributed by atoms with Crippen molar-refractivity contribution in [2.45, 2.75) is 51.8 Å². The zero-order valence-corrected chi connectivity index (χ0v) is 16.7. The van der Waals surface area contributed by atoms with Crippen LogP contribution in [0.1, 0.15) is 44.4 Å². The minimum absolute atomic E-state index is 0.0483. The van der Waals surface area contributed by atoms with E-state index in [1.165, 1.54) is 4.31 Å². The Balaban J connectivity index is 1.88. The Bertz CT molecular complexity index is 941. The Labute approximate surface area is 160 Å². The van der Waals surface area contributed by atoms with E-state index in [4.69, 9.17) is 4.74 Å². The third-order valence-corrected chi connectivity index (χ3v) is 6.58. The van der Waals surface area contributed by atoms with Gasteiger partial charge in [0.2, 0.25) is 0 Å². The Hall–Kier alpha value is -2.37. The average molecular weight is 389 g/mol. The van der Waals surface area contributed by atoms with Crippen LogP contribution >= 0.6 is 0 Å². The predicted molar refractivity (Wildman–Crippen MR) is 101 cm³/mol. The SMILES string of the molecule is CC1CN(C(=O)OC(C)(C)C)S(=O)(=O)N1C1C=Cc2c(C#N)cccc2C1. The molecule has 1 amide bonds. The molecule has 0 N–H and O–H groups in total. The molecule has 8 heteroatoms. The number of hydrogen-bond acceptors (Lipinski definition) is 5. The number of amides is 1. The Morgan fingerprint density at radius 3 is 2.67 bits per heavy atom. The van der Waals surface area contributed by atoms with Gasteiger partial charge < -0.3 is 4.74 Å². The fraction of sp³-hybridized carbons (Fsp3) is 0.474. The first-order valence-electron chi connectivity index (χ1n) is 8.79. The number of nitriles is 1. The smallest absolute Gasteiger partial charge is 0.425 e. The second-order valence-electron chi connectivity index (χ2n) is 7.82. The Kier molecular flexibility index (Phi) is 4.78. The van der Waals surface area contributed by atoms with Crippen LogP contribution < -0.4 is 0 Å². The lowest BCUT2D eigenvalue weighted by atomic mass is 9.91. The van der Waals surface area contributed by atoms with E-state index in [-0.39, 0.29) is 12.6 Å². The van der Waals surface area contributed by atoms with E-state index in [0.29, 0.717) is 12.0 Å². The molecule has 144 valence electrons. The third kappa shape index (κ3) is 3.57. The van der Waals surface area contributed by atoms with Crippen molar-refractivity contribution in [1.82, 2.24) is 8.61 Å². The fourth-order valence-electron chi connectivity index (χ4n) is 3.50. The molecule has 2 atom stereocenters. The van der Waals surface area contributed by atoms with Crippen molar-refractivity contribution in [3.05, 3.63) is 41.0 Å². The molecule has 1 saturated heterocycles. The quantitative estimate of drug-likeness (QED) is 0.736. The van der Waals surface area contributed by atoms with Gasteiger partial charge in [0.1, 0.15) is 5.60 Å². The molecule has 1 heterocycles. The molecule has 0 saturated carbocycles. The number of fused-ring (bicyclic) bond motifs is 1. The average Bonchev–Trinajstić information content (AvgIpc) is 2.81. The number of benzene rings is 1. The maximum absolute atomic E-state index is 13.0. The van der Waals surface area contributed by atoms with Crippen molar-refractivity contribution in [1.29, 1.82) is 5.26 Å². The molecule has 0 radical (unpaired) electrons. The lowest BCUT2D eigenvalue weighted by Crippen LogP contribution is -2.45. The normalized spacial score (nSPS) is 24.3. The highest BCUT2D eigenvalue weighted by molar-refractivity contribution is 7.87. The van der Waals surface area contributed by atoms with Gasteiger partial charge in [0, 0.05) is 12.1 Å². The highest BCUT2D eigenvalue weighted by Crippen LogP contribution is 2.32. The summed E-state index contributed by atoms with van der Waals surface area (Å²) in [6, 6.07) is 6.79. The van der Waals surface area contributed by atoms with Crippen molar-refractivity contribution >= 4 is 22.4 Å². The molecule has 1 aromatic carbocycles. The summed E-state index contributed by atoms with van der Waals surface area (Å²) in [6.45, 7) is 6.91. The number of nitrogens with zero attached hydrogens (tertiary/aromatic N) is 3. The second kappa shape index (κ2) is 6.66. The van der Waals surface area contributed by atoms with Gasteiger partial charge in [-0.05, 0) is 51.3 Å². The molecule has 0 aromatic heterocycles. The minimum Gasteiger partial charge on any atom is -0.443 e. The highest BCUT2D eigenvalue weighted by atomic mass is 32.2. The molecule has 1 aliphatic heterocycles. The molecular weight excluding hydrogens is 366 g/mol.